The molecule has 0 aromatic heterocycles. The van der Waals surface area contributed by atoms with Crippen LogP contribution in [-0.2, 0) is 4.74 Å². The number of hydrogen-bond acceptors (Lipinski definition) is 3. The number of hydrogen-bond donors (Lipinski definition) is 0. The molecule has 12 heavy (non-hydrogen) atoms. The van der Waals surface area contributed by atoms with Gasteiger partial charge in [0.25, 0.3) is 0 Å². The van der Waals surface area contributed by atoms with Crippen LogP contribution in [0.15, 0.2) is 0 Å². The first-order chi connectivity index (χ1) is 5.85. The van der Waals surface area contributed by atoms with E-state index in [0.29, 0.717) is 6.61 Å². The molecule has 0 aliphatic rings. The minimum Gasteiger partial charge on any atom is -0.379 e. The van der Waals surface area contributed by atoms with Crippen molar-refractivity contribution in [2.75, 3.05) is 13.2 Å². The Kier molecular flexibility index (Phi) is 8.01. The first-order valence-corrected chi connectivity index (χ1v) is 4.81. The van der Waals surface area contributed by atoms with Crippen molar-refractivity contribution in [2.24, 2.45) is 0 Å². The molecule has 0 amide bonds. The topological polar surface area (TPSA) is 33.0 Å². The lowest BCUT2D eigenvalue weighted by Gasteiger charge is -2.05. The van der Waals surface area contributed by atoms with Crippen LogP contribution in [0.25, 0.3) is 0 Å². The Labute approximate surface area is 78.3 Å². The summed E-state index contributed by atoms with van der Waals surface area (Å²) in [4.78, 5) is 0. The first kappa shape index (κ1) is 11.4. The summed E-state index contributed by atoms with van der Waals surface area (Å²) in [5.41, 5.74) is 0. The summed E-state index contributed by atoms with van der Waals surface area (Å²) in [6, 6.07) is 0. The SMILES string of the molecule is C#CC(COCCCC)SC#N. The van der Waals surface area contributed by atoms with Crippen molar-refractivity contribution in [3.05, 3.63) is 0 Å². The summed E-state index contributed by atoms with van der Waals surface area (Å²) in [6.07, 6.45) is 7.34. The molecule has 0 heterocycles. The van der Waals surface area contributed by atoms with Crippen molar-refractivity contribution in [1.29, 1.82) is 5.26 Å². The molecule has 0 aromatic carbocycles. The van der Waals surface area contributed by atoms with Crippen LogP contribution < -0.4 is 0 Å². The van der Waals surface area contributed by atoms with Gasteiger partial charge in [0.05, 0.1) is 6.61 Å². The Morgan fingerprint density at radius 2 is 2.42 bits per heavy atom. The fraction of sp³-hybridized carbons (Fsp3) is 0.667. The zero-order valence-corrected chi connectivity index (χ0v) is 8.06. The quantitative estimate of drug-likeness (QED) is 0.359. The van der Waals surface area contributed by atoms with E-state index in [2.05, 4.69) is 12.8 Å². The van der Waals surface area contributed by atoms with Crippen LogP contribution in [-0.4, -0.2) is 18.5 Å². The summed E-state index contributed by atoms with van der Waals surface area (Å²) < 4.78 is 5.27. The van der Waals surface area contributed by atoms with E-state index >= 15 is 0 Å². The van der Waals surface area contributed by atoms with E-state index in [1.54, 1.807) is 0 Å². The average molecular weight is 183 g/mol. The highest BCUT2D eigenvalue weighted by Crippen LogP contribution is 2.07. The zero-order chi connectivity index (χ0) is 9.23. The van der Waals surface area contributed by atoms with Gasteiger partial charge in [-0.2, -0.15) is 5.26 Å². The van der Waals surface area contributed by atoms with E-state index in [1.165, 1.54) is 0 Å². The van der Waals surface area contributed by atoms with Crippen molar-refractivity contribution in [2.45, 2.75) is 25.0 Å². The number of thioether (sulfide) groups is 1. The highest BCUT2D eigenvalue weighted by atomic mass is 32.2. The van der Waals surface area contributed by atoms with Gasteiger partial charge < -0.3 is 4.74 Å². The predicted molar refractivity (Wildman–Crippen MR) is 51.6 cm³/mol. The number of unbranched alkanes of at least 4 members (excludes halogenated alkanes) is 1. The second-order valence-corrected chi connectivity index (χ2v) is 3.28. The van der Waals surface area contributed by atoms with Gasteiger partial charge in [-0.25, -0.2) is 0 Å². The summed E-state index contributed by atoms with van der Waals surface area (Å²) in [6.45, 7) is 3.32. The van der Waals surface area contributed by atoms with Crippen LogP contribution >= 0.6 is 11.8 Å². The summed E-state index contributed by atoms with van der Waals surface area (Å²) in [5.74, 6) is 2.50. The minimum atomic E-state index is -0.119. The molecule has 0 aromatic rings. The van der Waals surface area contributed by atoms with Gasteiger partial charge in [0.15, 0.2) is 0 Å². The summed E-state index contributed by atoms with van der Waals surface area (Å²) in [7, 11) is 0. The second kappa shape index (κ2) is 8.46. The van der Waals surface area contributed by atoms with Crippen molar-refractivity contribution < 1.29 is 4.74 Å². The summed E-state index contributed by atoms with van der Waals surface area (Å²) in [5, 5.41) is 10.2. The number of terminal acetylenes is 1. The maximum absolute atomic E-state index is 8.33. The van der Waals surface area contributed by atoms with E-state index in [9.17, 15) is 0 Å². The molecule has 0 aliphatic heterocycles. The lowest BCUT2D eigenvalue weighted by atomic mass is 10.4. The Balaban J connectivity index is 3.35. The third-order valence-corrected chi connectivity index (χ3v) is 1.95. The molecule has 3 heteroatoms. The van der Waals surface area contributed by atoms with Gasteiger partial charge in [-0.15, -0.1) is 6.42 Å². The lowest BCUT2D eigenvalue weighted by Crippen LogP contribution is -2.09. The summed E-state index contributed by atoms with van der Waals surface area (Å²) >= 11 is 1.08. The Hall–Kier alpha value is -0.640. The van der Waals surface area contributed by atoms with Gasteiger partial charge in [0, 0.05) is 6.61 Å². The molecule has 66 valence electrons. The van der Waals surface area contributed by atoms with E-state index < -0.39 is 0 Å². The van der Waals surface area contributed by atoms with E-state index in [-0.39, 0.29) is 5.25 Å². The van der Waals surface area contributed by atoms with Crippen LogP contribution in [0.3, 0.4) is 0 Å². The third kappa shape index (κ3) is 6.09. The molecule has 1 unspecified atom stereocenters. The number of rotatable bonds is 6. The molecule has 1 atom stereocenters. The molecule has 0 N–H and O–H groups in total. The van der Waals surface area contributed by atoms with Crippen LogP contribution in [0.2, 0.25) is 0 Å². The maximum atomic E-state index is 8.33. The smallest absolute Gasteiger partial charge is 0.134 e. The molecule has 0 fully saturated rings. The minimum absolute atomic E-state index is 0.119. The Morgan fingerprint density at radius 3 is 2.92 bits per heavy atom. The molecule has 0 saturated carbocycles. The van der Waals surface area contributed by atoms with Gasteiger partial charge in [0.1, 0.15) is 10.7 Å². The molecule has 0 bridgehead atoms. The second-order valence-electron chi connectivity index (χ2n) is 2.29. The normalized spacial score (nSPS) is 11.6. The fourth-order valence-electron chi connectivity index (χ4n) is 0.617. The molecule has 2 nitrogen and oxygen atoms in total. The zero-order valence-electron chi connectivity index (χ0n) is 7.25. The molecule has 0 spiro atoms. The Bertz CT molecular complexity index is 180. The van der Waals surface area contributed by atoms with E-state index in [4.69, 9.17) is 16.4 Å². The molecule has 0 rings (SSSR count). The van der Waals surface area contributed by atoms with Gasteiger partial charge in [-0.1, -0.05) is 19.3 Å². The Morgan fingerprint density at radius 1 is 1.67 bits per heavy atom. The fourth-order valence-corrected chi connectivity index (χ4v) is 0.976. The highest BCUT2D eigenvalue weighted by Gasteiger charge is 2.03. The van der Waals surface area contributed by atoms with Crippen molar-refractivity contribution >= 4 is 11.8 Å². The van der Waals surface area contributed by atoms with Gasteiger partial charge in [0.2, 0.25) is 0 Å². The molecule has 0 radical (unpaired) electrons. The third-order valence-electron chi connectivity index (χ3n) is 1.29. The monoisotopic (exact) mass is 183 g/mol. The van der Waals surface area contributed by atoms with E-state index in [0.717, 1.165) is 31.2 Å². The van der Waals surface area contributed by atoms with Gasteiger partial charge in [-0.3, -0.25) is 0 Å². The van der Waals surface area contributed by atoms with Crippen LogP contribution in [0.1, 0.15) is 19.8 Å². The van der Waals surface area contributed by atoms with Crippen molar-refractivity contribution in [3.63, 3.8) is 0 Å². The van der Waals surface area contributed by atoms with Gasteiger partial charge >= 0.3 is 0 Å². The van der Waals surface area contributed by atoms with Gasteiger partial charge in [-0.05, 0) is 18.2 Å². The van der Waals surface area contributed by atoms with Crippen LogP contribution in [0, 0.1) is 23.0 Å². The van der Waals surface area contributed by atoms with Crippen molar-refractivity contribution in [1.82, 2.24) is 0 Å². The lowest BCUT2D eigenvalue weighted by molar-refractivity contribution is 0.139. The number of nitrogens with zero attached hydrogens (tertiary/aromatic N) is 1. The first-order valence-electron chi connectivity index (χ1n) is 3.93. The van der Waals surface area contributed by atoms with Crippen LogP contribution in [0.4, 0.5) is 0 Å². The largest absolute Gasteiger partial charge is 0.379 e. The number of thiocyanates is 1. The number of ether oxygens (including phenoxy) is 1. The van der Waals surface area contributed by atoms with E-state index in [1.807, 2.05) is 5.40 Å². The highest BCUT2D eigenvalue weighted by molar-refractivity contribution is 8.04. The molecule has 0 aliphatic carbocycles. The molecular weight excluding hydrogens is 170 g/mol. The molecular formula is C9H13NOS. The molecule has 0 saturated heterocycles. The average Bonchev–Trinajstić information content (AvgIpc) is 2.10. The van der Waals surface area contributed by atoms with Crippen molar-refractivity contribution in [3.8, 4) is 17.7 Å². The maximum Gasteiger partial charge on any atom is 0.134 e. The number of nitriles is 1. The predicted octanol–water partition coefficient (Wildman–Crippen LogP) is 2.02. The van der Waals surface area contributed by atoms with Crippen LogP contribution in [0.5, 0.6) is 0 Å². The standard InChI is InChI=1S/C9H13NOS/c1-3-5-6-11-7-9(4-2)12-8-10/h2,9H,3,5-7H2,1H3.